The number of carbonyl (C=O) groups is 1. The molecule has 2 aliphatic rings. The number of nitrogens with one attached hydrogen (secondary N) is 3. The van der Waals surface area contributed by atoms with E-state index in [-0.39, 0.29) is 36.7 Å². The number of rotatable bonds is 7. The molecule has 13 heteroatoms. The first-order valence-electron chi connectivity index (χ1n) is 10.4. The first-order chi connectivity index (χ1) is 15.5. The van der Waals surface area contributed by atoms with Crippen LogP contribution in [0.5, 0.6) is 0 Å². The minimum atomic E-state index is -4.66. The van der Waals surface area contributed by atoms with Gasteiger partial charge in [0.2, 0.25) is 21.9 Å². The summed E-state index contributed by atoms with van der Waals surface area (Å²) in [5.41, 5.74) is 0.979. The number of fused-ring (bicyclic) bond motifs is 1. The lowest BCUT2D eigenvalue weighted by atomic mass is 10.1. The first-order valence-corrected chi connectivity index (χ1v) is 12.2. The molecular formula is C20H23F3N6O3S. The van der Waals surface area contributed by atoms with Crippen molar-refractivity contribution >= 4 is 39.1 Å². The second kappa shape index (κ2) is 8.78. The van der Waals surface area contributed by atoms with E-state index in [9.17, 15) is 26.4 Å². The summed E-state index contributed by atoms with van der Waals surface area (Å²) in [4.78, 5) is 19.3. The largest absolute Gasteiger partial charge is 0.421 e. The minimum Gasteiger partial charge on any atom is -0.369 e. The summed E-state index contributed by atoms with van der Waals surface area (Å²) in [5.74, 6) is -0.556. The van der Waals surface area contributed by atoms with Gasteiger partial charge in [-0.25, -0.2) is 13.4 Å². The molecule has 2 aromatic rings. The Morgan fingerprint density at radius 3 is 2.82 bits per heavy atom. The summed E-state index contributed by atoms with van der Waals surface area (Å²) in [6.07, 6.45) is -0.878. The molecule has 0 saturated carbocycles. The molecule has 1 atom stereocenters. The molecule has 9 nitrogen and oxygen atoms in total. The van der Waals surface area contributed by atoms with Gasteiger partial charge >= 0.3 is 6.18 Å². The van der Waals surface area contributed by atoms with E-state index in [0.717, 1.165) is 18.2 Å². The summed E-state index contributed by atoms with van der Waals surface area (Å²) in [6.45, 7) is 0.531. The van der Waals surface area contributed by atoms with Gasteiger partial charge in [0.1, 0.15) is 11.4 Å². The molecule has 0 spiro atoms. The minimum absolute atomic E-state index is 0.0404. The lowest BCUT2D eigenvalue weighted by Crippen LogP contribution is -2.35. The molecule has 0 unspecified atom stereocenters. The van der Waals surface area contributed by atoms with Crippen LogP contribution in [-0.2, 0) is 27.4 Å². The van der Waals surface area contributed by atoms with E-state index in [1.165, 1.54) is 4.31 Å². The summed E-state index contributed by atoms with van der Waals surface area (Å²) in [7, 11) is -3.36. The number of aromatic nitrogens is 2. The van der Waals surface area contributed by atoms with Gasteiger partial charge < -0.3 is 16.0 Å². The maximum atomic E-state index is 13.5. The Morgan fingerprint density at radius 1 is 1.30 bits per heavy atom. The van der Waals surface area contributed by atoms with E-state index in [4.69, 9.17) is 0 Å². The zero-order valence-electron chi connectivity index (χ0n) is 17.7. The predicted molar refractivity (Wildman–Crippen MR) is 117 cm³/mol. The van der Waals surface area contributed by atoms with Crippen LogP contribution in [0.15, 0.2) is 24.4 Å². The SMILES string of the molecule is CS(=O)(=O)N1CCC[C@H]1CCNc1nc(Nc2ccc3c(c2)CC(=O)N3)ncc1C(F)(F)F. The van der Waals surface area contributed by atoms with Crippen molar-refractivity contribution < 1.29 is 26.4 Å². The van der Waals surface area contributed by atoms with Gasteiger partial charge in [-0.3, -0.25) is 4.79 Å². The number of hydrogen-bond donors (Lipinski definition) is 3. The second-order valence-electron chi connectivity index (χ2n) is 8.06. The average Bonchev–Trinajstić information content (AvgIpc) is 3.32. The molecule has 1 aromatic carbocycles. The first kappa shape index (κ1) is 23.2. The van der Waals surface area contributed by atoms with Gasteiger partial charge in [0.05, 0.1) is 12.7 Å². The lowest BCUT2D eigenvalue weighted by molar-refractivity contribution is -0.137. The molecular weight excluding hydrogens is 461 g/mol. The third-order valence-electron chi connectivity index (χ3n) is 5.60. The van der Waals surface area contributed by atoms with Crippen LogP contribution in [0.4, 0.5) is 36.3 Å². The number of sulfonamides is 1. The fourth-order valence-electron chi connectivity index (χ4n) is 4.11. The Labute approximate surface area is 188 Å². The van der Waals surface area contributed by atoms with Gasteiger partial charge in [0, 0.05) is 36.7 Å². The van der Waals surface area contributed by atoms with E-state index in [0.29, 0.717) is 37.0 Å². The highest BCUT2D eigenvalue weighted by Crippen LogP contribution is 2.35. The average molecular weight is 485 g/mol. The number of halogens is 3. The second-order valence-corrected chi connectivity index (χ2v) is 10.00. The monoisotopic (exact) mass is 484 g/mol. The molecule has 4 rings (SSSR count). The van der Waals surface area contributed by atoms with Crippen molar-refractivity contribution in [1.29, 1.82) is 0 Å². The Bertz CT molecular complexity index is 1170. The summed E-state index contributed by atoms with van der Waals surface area (Å²) in [5, 5.41) is 8.28. The van der Waals surface area contributed by atoms with E-state index in [1.54, 1.807) is 18.2 Å². The summed E-state index contributed by atoms with van der Waals surface area (Å²) >= 11 is 0. The smallest absolute Gasteiger partial charge is 0.369 e. The van der Waals surface area contributed by atoms with Gasteiger partial charge in [-0.1, -0.05) is 0 Å². The highest BCUT2D eigenvalue weighted by Gasteiger charge is 2.36. The zero-order chi connectivity index (χ0) is 23.8. The highest BCUT2D eigenvalue weighted by molar-refractivity contribution is 7.88. The molecule has 1 fully saturated rings. The molecule has 1 aromatic heterocycles. The van der Waals surface area contributed by atoms with Crippen LogP contribution >= 0.6 is 0 Å². The molecule has 33 heavy (non-hydrogen) atoms. The van der Waals surface area contributed by atoms with Crippen LogP contribution in [0.1, 0.15) is 30.4 Å². The van der Waals surface area contributed by atoms with Crippen LogP contribution in [0.25, 0.3) is 0 Å². The van der Waals surface area contributed by atoms with Gasteiger partial charge in [0.25, 0.3) is 0 Å². The zero-order valence-corrected chi connectivity index (χ0v) is 18.6. The quantitative estimate of drug-likeness (QED) is 0.553. The molecule has 3 heterocycles. The number of anilines is 4. The molecule has 0 bridgehead atoms. The van der Waals surface area contributed by atoms with E-state index in [2.05, 4.69) is 25.9 Å². The van der Waals surface area contributed by atoms with Crippen molar-refractivity contribution in [3.05, 3.63) is 35.5 Å². The topological polar surface area (TPSA) is 116 Å². The molecule has 1 saturated heterocycles. The van der Waals surface area contributed by atoms with Crippen LogP contribution in [0, 0.1) is 0 Å². The van der Waals surface area contributed by atoms with Crippen molar-refractivity contribution in [2.45, 2.75) is 37.9 Å². The third-order valence-corrected chi connectivity index (χ3v) is 6.93. The van der Waals surface area contributed by atoms with E-state index in [1.807, 2.05) is 0 Å². The number of hydrogen-bond acceptors (Lipinski definition) is 7. The van der Waals surface area contributed by atoms with Gasteiger partial charge in [-0.05, 0) is 43.0 Å². The fraction of sp³-hybridized carbons (Fsp3) is 0.450. The van der Waals surface area contributed by atoms with Crippen molar-refractivity contribution in [3.63, 3.8) is 0 Å². The lowest BCUT2D eigenvalue weighted by Gasteiger charge is -2.22. The summed E-state index contributed by atoms with van der Waals surface area (Å²) in [6, 6.07) is 4.81. The van der Waals surface area contributed by atoms with Crippen molar-refractivity contribution in [2.24, 2.45) is 0 Å². The summed E-state index contributed by atoms with van der Waals surface area (Å²) < 4.78 is 65.6. The number of amides is 1. The molecule has 0 aliphatic carbocycles. The van der Waals surface area contributed by atoms with Crippen molar-refractivity contribution in [1.82, 2.24) is 14.3 Å². The normalized spacial score (nSPS) is 18.8. The van der Waals surface area contributed by atoms with Crippen LogP contribution < -0.4 is 16.0 Å². The maximum Gasteiger partial charge on any atom is 0.421 e. The third kappa shape index (κ3) is 5.36. The van der Waals surface area contributed by atoms with Gasteiger partial charge in [0.15, 0.2) is 0 Å². The van der Waals surface area contributed by atoms with Crippen LogP contribution in [-0.4, -0.2) is 54.0 Å². The van der Waals surface area contributed by atoms with Crippen LogP contribution in [0.3, 0.4) is 0 Å². The van der Waals surface area contributed by atoms with Crippen molar-refractivity contribution in [2.75, 3.05) is 35.3 Å². The molecule has 3 N–H and O–H groups in total. The van der Waals surface area contributed by atoms with E-state index < -0.39 is 21.8 Å². The van der Waals surface area contributed by atoms with Gasteiger partial charge in [-0.2, -0.15) is 22.5 Å². The number of nitrogens with zero attached hydrogens (tertiary/aromatic N) is 3. The van der Waals surface area contributed by atoms with Crippen LogP contribution in [0.2, 0.25) is 0 Å². The van der Waals surface area contributed by atoms with Gasteiger partial charge in [-0.15, -0.1) is 0 Å². The maximum absolute atomic E-state index is 13.5. The fourth-order valence-corrected chi connectivity index (χ4v) is 5.32. The van der Waals surface area contributed by atoms with Crippen molar-refractivity contribution in [3.8, 4) is 0 Å². The molecule has 178 valence electrons. The molecule has 2 aliphatic heterocycles. The molecule has 1 amide bonds. The standard InChI is InChI=1S/C20H23F3N6O3S/c1-33(31,32)29-8-2-3-14(29)6-7-24-18-15(20(21,22)23)11-25-19(28-18)26-13-4-5-16-12(9-13)10-17(30)27-16/h4-5,9,11,14H,2-3,6-8,10H2,1H3,(H,27,30)(H2,24,25,26,28)/t14-/m0/s1. The highest BCUT2D eigenvalue weighted by atomic mass is 32.2. The Balaban J connectivity index is 1.49. The number of benzene rings is 1. The Hall–Kier alpha value is -2.93. The van der Waals surface area contributed by atoms with E-state index >= 15 is 0 Å². The molecule has 0 radical (unpaired) electrons. The predicted octanol–water partition coefficient (Wildman–Crippen LogP) is 2.96. The Kier molecular flexibility index (Phi) is 6.18. The number of carbonyl (C=O) groups excluding carboxylic acids is 1. The number of alkyl halides is 3. The Morgan fingerprint density at radius 2 is 2.09 bits per heavy atom.